The molecule has 0 aliphatic carbocycles. The molecule has 0 saturated carbocycles. The Morgan fingerprint density at radius 3 is 2.91 bits per heavy atom. The molecule has 3 nitrogen and oxygen atoms in total. The molecule has 2 N–H and O–H groups in total. The second kappa shape index (κ2) is 3.19. The molecule has 1 unspecified atom stereocenters. The van der Waals surface area contributed by atoms with Crippen LogP contribution in [0.4, 0.5) is 4.39 Å². The van der Waals surface area contributed by atoms with Crippen molar-refractivity contribution in [3.8, 4) is 0 Å². The number of hydrogen-bond donors (Lipinski definition) is 1. The Balaban J connectivity index is 3.00. The largest absolute Gasteiger partial charge is 0.327 e. The lowest BCUT2D eigenvalue weighted by atomic mass is 10.3. The van der Waals surface area contributed by atoms with Crippen LogP contribution >= 0.6 is 11.6 Å². The van der Waals surface area contributed by atoms with Gasteiger partial charge in [-0.3, -0.25) is 4.68 Å². The lowest BCUT2D eigenvalue weighted by Gasteiger charge is -2.05. The maximum atomic E-state index is 12.9. The fraction of sp³-hybridized carbons (Fsp3) is 0.500. The van der Waals surface area contributed by atoms with E-state index in [0.717, 1.165) is 0 Å². The number of alkyl halides is 1. The number of nitrogens with zero attached hydrogens (tertiary/aromatic N) is 2. The van der Waals surface area contributed by atoms with Crippen LogP contribution in [0.5, 0.6) is 0 Å². The van der Waals surface area contributed by atoms with Crippen LogP contribution in [-0.2, 0) is 7.05 Å². The minimum atomic E-state index is -1.23. The van der Waals surface area contributed by atoms with Crippen LogP contribution in [0, 0.1) is 0 Å². The first-order valence-corrected chi connectivity index (χ1v) is 3.56. The van der Waals surface area contributed by atoms with Gasteiger partial charge in [-0.1, -0.05) is 11.6 Å². The minimum absolute atomic E-state index is 0.0702. The molecule has 1 rings (SSSR count). The second-order valence-electron chi connectivity index (χ2n) is 2.20. The third kappa shape index (κ3) is 1.52. The number of rotatable bonds is 2. The van der Waals surface area contributed by atoms with E-state index in [2.05, 4.69) is 5.10 Å². The molecule has 62 valence electrons. The molecule has 1 aromatic heterocycles. The smallest absolute Gasteiger partial charge is 0.155 e. The molecular weight excluding hydrogens is 169 g/mol. The standard InChI is InChI=1S/C6H9ClFN3/c1-11-6(5(8)2-9)4(7)3-10-11/h3,5H,2,9H2,1H3. The van der Waals surface area contributed by atoms with Crippen molar-refractivity contribution in [3.63, 3.8) is 0 Å². The highest BCUT2D eigenvalue weighted by molar-refractivity contribution is 6.31. The van der Waals surface area contributed by atoms with Gasteiger partial charge >= 0.3 is 0 Å². The minimum Gasteiger partial charge on any atom is -0.327 e. The normalized spacial score (nSPS) is 13.5. The second-order valence-corrected chi connectivity index (χ2v) is 2.61. The summed E-state index contributed by atoms with van der Waals surface area (Å²) in [6, 6.07) is 0. The fourth-order valence-electron chi connectivity index (χ4n) is 0.884. The van der Waals surface area contributed by atoms with Crippen LogP contribution in [0.3, 0.4) is 0 Å². The van der Waals surface area contributed by atoms with E-state index in [4.69, 9.17) is 17.3 Å². The molecule has 5 heteroatoms. The molecule has 0 aliphatic rings. The van der Waals surface area contributed by atoms with Gasteiger partial charge in [0.05, 0.1) is 16.9 Å². The van der Waals surface area contributed by atoms with E-state index in [1.54, 1.807) is 7.05 Å². The summed E-state index contributed by atoms with van der Waals surface area (Å²) in [5.41, 5.74) is 5.47. The third-order valence-corrected chi connectivity index (χ3v) is 1.73. The molecule has 0 aromatic carbocycles. The van der Waals surface area contributed by atoms with E-state index in [1.807, 2.05) is 0 Å². The molecule has 1 aromatic rings. The first kappa shape index (κ1) is 8.49. The van der Waals surface area contributed by atoms with Gasteiger partial charge in [0.25, 0.3) is 0 Å². The molecule has 0 fully saturated rings. The number of aromatic nitrogens is 2. The SMILES string of the molecule is Cn1ncc(Cl)c1C(F)CN. The van der Waals surface area contributed by atoms with Crippen LogP contribution in [0.25, 0.3) is 0 Å². The van der Waals surface area contributed by atoms with Crippen LogP contribution in [0.2, 0.25) is 5.02 Å². The summed E-state index contributed by atoms with van der Waals surface area (Å²) in [5.74, 6) is 0. The predicted octanol–water partition coefficient (Wildman–Crippen LogP) is 1.04. The molecule has 0 bridgehead atoms. The molecule has 1 atom stereocenters. The summed E-state index contributed by atoms with van der Waals surface area (Å²) < 4.78 is 14.3. The Morgan fingerprint density at radius 2 is 2.55 bits per heavy atom. The number of hydrogen-bond acceptors (Lipinski definition) is 2. The Kier molecular flexibility index (Phi) is 2.46. The molecule has 0 amide bonds. The molecule has 0 spiro atoms. The molecule has 1 heterocycles. The van der Waals surface area contributed by atoms with Crippen molar-refractivity contribution in [2.45, 2.75) is 6.17 Å². The van der Waals surface area contributed by atoms with Gasteiger partial charge in [-0.15, -0.1) is 0 Å². The van der Waals surface area contributed by atoms with E-state index in [0.29, 0.717) is 10.7 Å². The summed E-state index contributed by atoms with van der Waals surface area (Å²) in [6.45, 7) is -0.0702. The average Bonchev–Trinajstić information content (AvgIpc) is 2.30. The number of aryl methyl sites for hydroxylation is 1. The Bertz CT molecular complexity index is 228. The summed E-state index contributed by atoms with van der Waals surface area (Å²) in [4.78, 5) is 0. The fourth-order valence-corrected chi connectivity index (χ4v) is 1.17. The maximum absolute atomic E-state index is 12.9. The highest BCUT2D eigenvalue weighted by Crippen LogP contribution is 2.23. The van der Waals surface area contributed by atoms with E-state index in [1.165, 1.54) is 10.9 Å². The van der Waals surface area contributed by atoms with E-state index >= 15 is 0 Å². The van der Waals surface area contributed by atoms with Crippen molar-refractivity contribution in [2.24, 2.45) is 12.8 Å². The Hall–Kier alpha value is -0.610. The van der Waals surface area contributed by atoms with Gasteiger partial charge in [0.15, 0.2) is 6.17 Å². The van der Waals surface area contributed by atoms with Crippen LogP contribution in [-0.4, -0.2) is 16.3 Å². The molecule has 0 aliphatic heterocycles. The summed E-state index contributed by atoms with van der Waals surface area (Å²) >= 11 is 5.64. The first-order valence-electron chi connectivity index (χ1n) is 3.18. The van der Waals surface area contributed by atoms with Gasteiger partial charge in [0.1, 0.15) is 0 Å². The topological polar surface area (TPSA) is 43.8 Å². The van der Waals surface area contributed by atoms with Gasteiger partial charge in [-0.05, 0) is 0 Å². The summed E-state index contributed by atoms with van der Waals surface area (Å²) in [6.07, 6.45) is 0.175. The lowest BCUT2D eigenvalue weighted by Crippen LogP contribution is -2.11. The summed E-state index contributed by atoms with van der Waals surface area (Å²) in [7, 11) is 1.63. The van der Waals surface area contributed by atoms with Crippen LogP contribution < -0.4 is 5.73 Å². The van der Waals surface area contributed by atoms with Gasteiger partial charge in [-0.25, -0.2) is 4.39 Å². The highest BCUT2D eigenvalue weighted by atomic mass is 35.5. The molecule has 0 radical (unpaired) electrons. The number of halogens is 2. The van der Waals surface area contributed by atoms with Gasteiger partial charge in [0, 0.05) is 13.6 Å². The van der Waals surface area contributed by atoms with Crippen LogP contribution in [0.1, 0.15) is 11.9 Å². The van der Waals surface area contributed by atoms with Gasteiger partial charge < -0.3 is 5.73 Å². The highest BCUT2D eigenvalue weighted by Gasteiger charge is 2.15. The van der Waals surface area contributed by atoms with Crippen LogP contribution in [0.15, 0.2) is 6.20 Å². The monoisotopic (exact) mass is 177 g/mol. The number of nitrogens with two attached hydrogens (primary N) is 1. The van der Waals surface area contributed by atoms with Crippen molar-refractivity contribution in [1.29, 1.82) is 0 Å². The quantitative estimate of drug-likeness (QED) is 0.734. The van der Waals surface area contributed by atoms with Crippen molar-refractivity contribution in [3.05, 3.63) is 16.9 Å². The van der Waals surface area contributed by atoms with Gasteiger partial charge in [-0.2, -0.15) is 5.10 Å². The molecule has 11 heavy (non-hydrogen) atoms. The van der Waals surface area contributed by atoms with Crippen molar-refractivity contribution < 1.29 is 4.39 Å². The lowest BCUT2D eigenvalue weighted by molar-refractivity contribution is 0.334. The average molecular weight is 178 g/mol. The van der Waals surface area contributed by atoms with E-state index in [9.17, 15) is 4.39 Å². The predicted molar refractivity (Wildman–Crippen MR) is 41.1 cm³/mol. The third-order valence-electron chi connectivity index (χ3n) is 1.44. The first-order chi connectivity index (χ1) is 5.16. The molecule has 0 saturated heterocycles. The Labute approximate surface area is 68.9 Å². The molecular formula is C6H9ClFN3. The zero-order valence-electron chi connectivity index (χ0n) is 6.09. The zero-order chi connectivity index (χ0) is 8.43. The maximum Gasteiger partial charge on any atom is 0.155 e. The van der Waals surface area contributed by atoms with Crippen molar-refractivity contribution in [1.82, 2.24) is 9.78 Å². The Morgan fingerprint density at radius 1 is 1.91 bits per heavy atom. The van der Waals surface area contributed by atoms with E-state index < -0.39 is 6.17 Å². The summed E-state index contributed by atoms with van der Waals surface area (Å²) in [5, 5.41) is 4.10. The zero-order valence-corrected chi connectivity index (χ0v) is 6.85. The van der Waals surface area contributed by atoms with Crippen molar-refractivity contribution >= 4 is 11.6 Å². The van der Waals surface area contributed by atoms with E-state index in [-0.39, 0.29) is 6.54 Å². The van der Waals surface area contributed by atoms with Crippen molar-refractivity contribution in [2.75, 3.05) is 6.54 Å². The van der Waals surface area contributed by atoms with Gasteiger partial charge in [0.2, 0.25) is 0 Å².